The smallest absolute Gasteiger partial charge is 0.0726 e. The molecule has 166 valence electrons. The van der Waals surface area contributed by atoms with Crippen molar-refractivity contribution in [3.05, 3.63) is 88.1 Å². The molecule has 0 saturated carbocycles. The molecule has 0 aliphatic carbocycles. The van der Waals surface area contributed by atoms with E-state index in [1.165, 1.54) is 22.2 Å². The number of aromatic nitrogens is 5. The predicted octanol–water partition coefficient (Wildman–Crippen LogP) is 6.65. The molecule has 8 bridgehead atoms. The average Bonchev–Trinajstić information content (AvgIpc) is 3.58. The van der Waals surface area contributed by atoms with Gasteiger partial charge in [-0.05, 0) is 98.2 Å². The van der Waals surface area contributed by atoms with E-state index >= 15 is 0 Å². The molecule has 34 heavy (non-hydrogen) atoms. The van der Waals surface area contributed by atoms with Crippen molar-refractivity contribution in [3.8, 4) is 11.3 Å². The summed E-state index contributed by atoms with van der Waals surface area (Å²) >= 11 is 0. The van der Waals surface area contributed by atoms with Crippen molar-refractivity contribution in [2.45, 2.75) is 20.8 Å². The molecule has 0 spiro atoms. The molecule has 1 N–H and O–H groups in total. The van der Waals surface area contributed by atoms with Crippen LogP contribution in [0.25, 0.3) is 57.6 Å². The van der Waals surface area contributed by atoms with Gasteiger partial charge in [0.05, 0.1) is 34.0 Å². The summed E-state index contributed by atoms with van der Waals surface area (Å²) in [5.74, 6) is 0. The van der Waals surface area contributed by atoms with Gasteiger partial charge in [-0.15, -0.1) is 0 Å². The highest BCUT2D eigenvalue weighted by molar-refractivity contribution is 5.93. The van der Waals surface area contributed by atoms with Gasteiger partial charge in [-0.1, -0.05) is 6.07 Å². The second-order valence-electron chi connectivity index (χ2n) is 8.94. The Morgan fingerprint density at radius 3 is 2.12 bits per heavy atom. The fourth-order valence-corrected chi connectivity index (χ4v) is 5.12. The standard InChI is InChI=1S/C29H25N5/c1-17-13-24-15-22-9-8-20(31-22)14-21-10-11-23(32-21)16-26-27(25-7-5-6-12-30-25)18(2)29(34(26)4)19(3)28(17)33-24/h5-16,33H,1-4H3. The zero-order valence-electron chi connectivity index (χ0n) is 19.7. The first kappa shape index (κ1) is 20.4. The van der Waals surface area contributed by atoms with Gasteiger partial charge in [0.25, 0.3) is 0 Å². The summed E-state index contributed by atoms with van der Waals surface area (Å²) in [5, 5.41) is 0. The van der Waals surface area contributed by atoms with Crippen molar-refractivity contribution in [3.63, 3.8) is 0 Å². The monoisotopic (exact) mass is 443 g/mol. The number of H-pyrrole nitrogens is 1. The van der Waals surface area contributed by atoms with E-state index in [-0.39, 0.29) is 0 Å². The lowest BCUT2D eigenvalue weighted by Crippen LogP contribution is -1.90. The summed E-state index contributed by atoms with van der Waals surface area (Å²) in [6.07, 6.45) is 10.0. The van der Waals surface area contributed by atoms with Gasteiger partial charge in [-0.3, -0.25) is 4.98 Å². The van der Waals surface area contributed by atoms with Crippen LogP contribution >= 0.6 is 0 Å². The number of pyridine rings is 1. The minimum Gasteiger partial charge on any atom is -0.355 e. The molecule has 0 unspecified atom stereocenters. The molecular weight excluding hydrogens is 418 g/mol. The number of rotatable bonds is 1. The molecule has 2 aliphatic heterocycles. The SMILES string of the molecule is Cc1cc2cc3nc(cc4nc(cc5c(-c6ccccn6)c(C)c(c(C)c1[nH]2)n5C)C=C4)C=C3. The van der Waals surface area contributed by atoms with E-state index < -0.39 is 0 Å². The molecule has 0 saturated heterocycles. The predicted molar refractivity (Wildman–Crippen MR) is 141 cm³/mol. The number of aryl methyl sites for hydroxylation is 4. The van der Waals surface area contributed by atoms with Crippen LogP contribution in [-0.2, 0) is 7.05 Å². The number of nitrogens with one attached hydrogen (secondary N) is 1. The summed E-state index contributed by atoms with van der Waals surface area (Å²) < 4.78 is 2.27. The van der Waals surface area contributed by atoms with Gasteiger partial charge in [-0.25, -0.2) is 9.97 Å². The normalized spacial score (nSPS) is 12.5. The average molecular weight is 444 g/mol. The molecule has 6 rings (SSSR count). The molecule has 0 atom stereocenters. The van der Waals surface area contributed by atoms with Gasteiger partial charge >= 0.3 is 0 Å². The Morgan fingerprint density at radius 2 is 1.44 bits per heavy atom. The lowest BCUT2D eigenvalue weighted by atomic mass is 10.1. The van der Waals surface area contributed by atoms with Crippen LogP contribution in [-0.4, -0.2) is 24.5 Å². The zero-order valence-corrected chi connectivity index (χ0v) is 19.7. The summed E-state index contributed by atoms with van der Waals surface area (Å²) in [5.41, 5.74) is 13.8. The molecular formula is C29H25N5. The van der Waals surface area contributed by atoms with E-state index in [2.05, 4.69) is 67.7 Å². The van der Waals surface area contributed by atoms with Crippen LogP contribution in [0.1, 0.15) is 39.5 Å². The van der Waals surface area contributed by atoms with Gasteiger partial charge in [0.15, 0.2) is 0 Å². The summed E-state index contributed by atoms with van der Waals surface area (Å²) in [4.78, 5) is 17.9. The van der Waals surface area contributed by atoms with E-state index in [4.69, 9.17) is 15.0 Å². The first-order valence-corrected chi connectivity index (χ1v) is 11.4. The fraction of sp³-hybridized carbons (Fsp3) is 0.138. The van der Waals surface area contributed by atoms with Crippen LogP contribution in [0.5, 0.6) is 0 Å². The van der Waals surface area contributed by atoms with Gasteiger partial charge in [0, 0.05) is 35.4 Å². The summed E-state index contributed by atoms with van der Waals surface area (Å²) in [7, 11) is 2.13. The molecule has 2 aliphatic rings. The van der Waals surface area contributed by atoms with Crippen molar-refractivity contribution >= 4 is 46.4 Å². The maximum absolute atomic E-state index is 4.85. The molecule has 0 fully saturated rings. The topological polar surface area (TPSA) is 59.4 Å². The zero-order chi connectivity index (χ0) is 23.4. The minimum absolute atomic E-state index is 0.897. The maximum Gasteiger partial charge on any atom is 0.0726 e. The fourth-order valence-electron chi connectivity index (χ4n) is 5.12. The van der Waals surface area contributed by atoms with Crippen molar-refractivity contribution in [1.29, 1.82) is 0 Å². The molecule has 6 heterocycles. The van der Waals surface area contributed by atoms with E-state index in [0.29, 0.717) is 0 Å². The first-order valence-electron chi connectivity index (χ1n) is 11.4. The third-order valence-electron chi connectivity index (χ3n) is 6.62. The van der Waals surface area contributed by atoms with E-state index in [0.717, 1.165) is 50.6 Å². The van der Waals surface area contributed by atoms with E-state index in [1.807, 2.05) is 42.6 Å². The number of hydrogen-bond donors (Lipinski definition) is 1. The van der Waals surface area contributed by atoms with Crippen molar-refractivity contribution in [1.82, 2.24) is 24.5 Å². The minimum atomic E-state index is 0.897. The number of fused-ring (bicyclic) bond motifs is 8. The molecule has 0 radical (unpaired) electrons. The first-order chi connectivity index (χ1) is 16.5. The molecule has 5 nitrogen and oxygen atoms in total. The highest BCUT2D eigenvalue weighted by Gasteiger charge is 2.17. The van der Waals surface area contributed by atoms with Gasteiger partial charge < -0.3 is 9.55 Å². The third kappa shape index (κ3) is 3.28. The van der Waals surface area contributed by atoms with Gasteiger partial charge in [0.2, 0.25) is 0 Å². The second-order valence-corrected chi connectivity index (χ2v) is 8.94. The third-order valence-corrected chi connectivity index (χ3v) is 6.62. The summed E-state index contributed by atoms with van der Waals surface area (Å²) in [6, 6.07) is 14.5. The Hall–Kier alpha value is -4.25. The number of nitrogens with zero attached hydrogens (tertiary/aromatic N) is 4. The van der Waals surface area contributed by atoms with Crippen LogP contribution in [0.4, 0.5) is 0 Å². The Kier molecular flexibility index (Phi) is 4.59. The van der Waals surface area contributed by atoms with Crippen LogP contribution in [0, 0.1) is 20.8 Å². The Balaban J connectivity index is 1.82. The lowest BCUT2D eigenvalue weighted by Gasteiger charge is -2.02. The second kappa shape index (κ2) is 7.66. The number of hydrogen-bond acceptors (Lipinski definition) is 3. The molecule has 5 heteroatoms. The van der Waals surface area contributed by atoms with Crippen molar-refractivity contribution < 1.29 is 0 Å². The van der Waals surface area contributed by atoms with Crippen LogP contribution in [0.2, 0.25) is 0 Å². The van der Waals surface area contributed by atoms with Crippen LogP contribution in [0.3, 0.4) is 0 Å². The van der Waals surface area contributed by atoms with E-state index in [1.54, 1.807) is 0 Å². The molecule has 4 aromatic heterocycles. The molecule has 0 aromatic carbocycles. The summed E-state index contributed by atoms with van der Waals surface area (Å²) in [6.45, 7) is 6.53. The van der Waals surface area contributed by atoms with Crippen molar-refractivity contribution in [2.24, 2.45) is 7.05 Å². The van der Waals surface area contributed by atoms with Crippen LogP contribution < -0.4 is 0 Å². The maximum atomic E-state index is 4.85. The van der Waals surface area contributed by atoms with Crippen LogP contribution in [0.15, 0.2) is 48.7 Å². The molecule has 4 aromatic rings. The lowest BCUT2D eigenvalue weighted by molar-refractivity contribution is 1.00. The van der Waals surface area contributed by atoms with Gasteiger partial charge in [0.1, 0.15) is 0 Å². The Morgan fingerprint density at radius 1 is 0.765 bits per heavy atom. The van der Waals surface area contributed by atoms with E-state index in [9.17, 15) is 0 Å². The van der Waals surface area contributed by atoms with Crippen molar-refractivity contribution in [2.75, 3.05) is 0 Å². The quantitative estimate of drug-likeness (QED) is 0.309. The van der Waals surface area contributed by atoms with Gasteiger partial charge in [-0.2, -0.15) is 0 Å². The largest absolute Gasteiger partial charge is 0.355 e. The highest BCUT2D eigenvalue weighted by Crippen LogP contribution is 2.35. The Labute approximate surface area is 198 Å². The highest BCUT2D eigenvalue weighted by atomic mass is 15.0. The Bertz CT molecular complexity index is 1680. The number of aromatic amines is 1. The molecule has 0 amide bonds.